The fourth-order valence-corrected chi connectivity index (χ4v) is 3.23. The molecule has 1 saturated carbocycles. The third kappa shape index (κ3) is 3.47. The van der Waals surface area contributed by atoms with Gasteiger partial charge >= 0.3 is 0 Å². The van der Waals surface area contributed by atoms with Crippen LogP contribution in [0.1, 0.15) is 30.5 Å². The minimum atomic E-state index is 0.0588. The Labute approximate surface area is 131 Å². The largest absolute Gasteiger partial charge is 0.396 e. The molecular formula is C17H25N3O2. The second-order valence-electron chi connectivity index (χ2n) is 6.71. The van der Waals surface area contributed by atoms with E-state index >= 15 is 0 Å². The SMILES string of the molecule is Cc1ccc(CN2C[C@@H](CO)[C@H](NC(=O)C3CCC3)C2)nc1. The maximum atomic E-state index is 12.1. The van der Waals surface area contributed by atoms with Crippen LogP contribution in [0.5, 0.6) is 0 Å². The summed E-state index contributed by atoms with van der Waals surface area (Å²) in [6.45, 7) is 4.52. The molecule has 5 nitrogen and oxygen atoms in total. The molecule has 2 aliphatic rings. The number of hydrogen-bond acceptors (Lipinski definition) is 4. The van der Waals surface area contributed by atoms with Gasteiger partial charge in [-0.3, -0.25) is 14.7 Å². The summed E-state index contributed by atoms with van der Waals surface area (Å²) in [6, 6.07) is 4.17. The molecule has 0 radical (unpaired) electrons. The van der Waals surface area contributed by atoms with E-state index in [2.05, 4.69) is 21.3 Å². The molecule has 1 aromatic rings. The Hall–Kier alpha value is -1.46. The Morgan fingerprint density at radius 1 is 1.41 bits per heavy atom. The highest BCUT2D eigenvalue weighted by atomic mass is 16.3. The lowest BCUT2D eigenvalue weighted by Gasteiger charge is -2.27. The molecule has 2 N–H and O–H groups in total. The number of amides is 1. The van der Waals surface area contributed by atoms with Gasteiger partial charge < -0.3 is 10.4 Å². The van der Waals surface area contributed by atoms with E-state index in [0.717, 1.165) is 50.2 Å². The molecule has 1 aliphatic heterocycles. The molecular weight excluding hydrogens is 278 g/mol. The van der Waals surface area contributed by atoms with Crippen molar-refractivity contribution < 1.29 is 9.90 Å². The number of hydrogen-bond donors (Lipinski definition) is 2. The maximum absolute atomic E-state index is 12.1. The fraction of sp³-hybridized carbons (Fsp3) is 0.647. The van der Waals surface area contributed by atoms with Crippen LogP contribution in [0.15, 0.2) is 18.3 Å². The Morgan fingerprint density at radius 2 is 2.23 bits per heavy atom. The van der Waals surface area contributed by atoms with Crippen molar-refractivity contribution in [3.05, 3.63) is 29.6 Å². The standard InChI is InChI=1S/C17H25N3O2/c1-12-5-6-15(18-7-12)9-20-8-14(11-21)16(10-20)19-17(22)13-3-2-4-13/h5-7,13-14,16,21H,2-4,8-11H2,1H3,(H,19,22)/t14-,16+/m0/s1. The Kier molecular flexibility index (Phi) is 4.74. The minimum absolute atomic E-state index is 0.0588. The third-order valence-corrected chi connectivity index (χ3v) is 4.91. The van der Waals surface area contributed by atoms with Crippen LogP contribution in [0, 0.1) is 18.8 Å². The molecule has 2 atom stereocenters. The highest BCUT2D eigenvalue weighted by Crippen LogP contribution is 2.27. The molecule has 5 heteroatoms. The van der Waals surface area contributed by atoms with Gasteiger partial charge in [-0.05, 0) is 31.4 Å². The molecule has 1 aliphatic carbocycles. The third-order valence-electron chi connectivity index (χ3n) is 4.91. The van der Waals surface area contributed by atoms with Crippen LogP contribution >= 0.6 is 0 Å². The normalized spacial score (nSPS) is 25.9. The lowest BCUT2D eigenvalue weighted by atomic mass is 9.84. The number of likely N-dealkylation sites (tertiary alicyclic amines) is 1. The first-order valence-corrected chi connectivity index (χ1v) is 8.21. The van der Waals surface area contributed by atoms with Gasteiger partial charge in [-0.2, -0.15) is 0 Å². The molecule has 120 valence electrons. The first-order chi connectivity index (χ1) is 10.7. The summed E-state index contributed by atoms with van der Waals surface area (Å²) < 4.78 is 0. The zero-order chi connectivity index (χ0) is 15.5. The van der Waals surface area contributed by atoms with E-state index in [9.17, 15) is 9.90 Å². The number of rotatable bonds is 5. The monoisotopic (exact) mass is 303 g/mol. The molecule has 0 aromatic carbocycles. The van der Waals surface area contributed by atoms with E-state index in [1.807, 2.05) is 19.2 Å². The van der Waals surface area contributed by atoms with E-state index < -0.39 is 0 Å². The second-order valence-corrected chi connectivity index (χ2v) is 6.71. The highest BCUT2D eigenvalue weighted by Gasteiger charge is 2.35. The van der Waals surface area contributed by atoms with Gasteiger partial charge in [-0.15, -0.1) is 0 Å². The van der Waals surface area contributed by atoms with Crippen LogP contribution in [0.3, 0.4) is 0 Å². The Bertz CT molecular complexity index is 513. The van der Waals surface area contributed by atoms with Gasteiger partial charge in [0.1, 0.15) is 0 Å². The number of carbonyl (C=O) groups excluding carboxylic acids is 1. The Balaban J connectivity index is 1.56. The summed E-state index contributed by atoms with van der Waals surface area (Å²) in [7, 11) is 0. The van der Waals surface area contributed by atoms with Gasteiger partial charge in [0.05, 0.1) is 5.69 Å². The zero-order valence-electron chi connectivity index (χ0n) is 13.2. The van der Waals surface area contributed by atoms with Crippen molar-refractivity contribution in [3.63, 3.8) is 0 Å². The summed E-state index contributed by atoms with van der Waals surface area (Å²) in [6.07, 6.45) is 5.07. The van der Waals surface area contributed by atoms with Crippen LogP contribution in [-0.4, -0.2) is 46.6 Å². The van der Waals surface area contributed by atoms with Crippen LogP contribution in [0.4, 0.5) is 0 Å². The summed E-state index contributed by atoms with van der Waals surface area (Å²) in [5.74, 6) is 0.492. The minimum Gasteiger partial charge on any atom is -0.396 e. The molecule has 0 unspecified atom stereocenters. The number of nitrogens with zero attached hydrogens (tertiary/aromatic N) is 2. The first kappa shape index (κ1) is 15.4. The summed E-state index contributed by atoms with van der Waals surface area (Å²) in [5, 5.41) is 12.7. The number of aliphatic hydroxyl groups excluding tert-OH is 1. The van der Waals surface area contributed by atoms with Crippen molar-refractivity contribution in [2.75, 3.05) is 19.7 Å². The number of aryl methyl sites for hydroxylation is 1. The number of aliphatic hydroxyl groups is 1. The van der Waals surface area contributed by atoms with Crippen molar-refractivity contribution in [2.24, 2.45) is 11.8 Å². The molecule has 1 saturated heterocycles. The van der Waals surface area contributed by atoms with E-state index in [4.69, 9.17) is 0 Å². The predicted molar refractivity (Wildman–Crippen MR) is 84.1 cm³/mol. The van der Waals surface area contributed by atoms with Crippen molar-refractivity contribution in [2.45, 2.75) is 38.8 Å². The predicted octanol–water partition coefficient (Wildman–Crippen LogP) is 1.10. The van der Waals surface area contributed by atoms with E-state index in [1.54, 1.807) is 0 Å². The van der Waals surface area contributed by atoms with Gasteiger partial charge in [0, 0.05) is 50.3 Å². The second kappa shape index (κ2) is 6.75. The molecule has 0 spiro atoms. The Morgan fingerprint density at radius 3 is 2.82 bits per heavy atom. The van der Waals surface area contributed by atoms with E-state index in [1.165, 1.54) is 0 Å². The van der Waals surface area contributed by atoms with E-state index in [-0.39, 0.29) is 30.4 Å². The van der Waals surface area contributed by atoms with Gasteiger partial charge in [-0.25, -0.2) is 0 Å². The van der Waals surface area contributed by atoms with Crippen LogP contribution in [0.25, 0.3) is 0 Å². The average molecular weight is 303 g/mol. The quantitative estimate of drug-likeness (QED) is 0.855. The number of carbonyl (C=O) groups is 1. The highest BCUT2D eigenvalue weighted by molar-refractivity contribution is 5.79. The maximum Gasteiger partial charge on any atom is 0.223 e. The number of aromatic nitrogens is 1. The summed E-state index contributed by atoms with van der Waals surface area (Å²) in [4.78, 5) is 18.8. The molecule has 1 amide bonds. The molecule has 2 heterocycles. The fourth-order valence-electron chi connectivity index (χ4n) is 3.23. The average Bonchev–Trinajstić information content (AvgIpc) is 2.81. The molecule has 1 aromatic heterocycles. The van der Waals surface area contributed by atoms with Gasteiger partial charge in [-0.1, -0.05) is 12.5 Å². The van der Waals surface area contributed by atoms with Gasteiger partial charge in [0.15, 0.2) is 0 Å². The lowest BCUT2D eigenvalue weighted by Crippen LogP contribution is -2.45. The zero-order valence-corrected chi connectivity index (χ0v) is 13.2. The van der Waals surface area contributed by atoms with Crippen molar-refractivity contribution >= 4 is 5.91 Å². The summed E-state index contributed by atoms with van der Waals surface area (Å²) in [5.41, 5.74) is 2.19. The van der Waals surface area contributed by atoms with Crippen LogP contribution in [-0.2, 0) is 11.3 Å². The van der Waals surface area contributed by atoms with Crippen molar-refractivity contribution in [1.29, 1.82) is 0 Å². The smallest absolute Gasteiger partial charge is 0.223 e. The van der Waals surface area contributed by atoms with Gasteiger partial charge in [0.2, 0.25) is 5.91 Å². The molecule has 0 bridgehead atoms. The molecule has 3 rings (SSSR count). The molecule has 2 fully saturated rings. The topological polar surface area (TPSA) is 65.5 Å². The molecule has 22 heavy (non-hydrogen) atoms. The van der Waals surface area contributed by atoms with Crippen LogP contribution < -0.4 is 5.32 Å². The summed E-state index contributed by atoms with van der Waals surface area (Å²) >= 11 is 0. The first-order valence-electron chi connectivity index (χ1n) is 8.21. The van der Waals surface area contributed by atoms with Crippen molar-refractivity contribution in [3.8, 4) is 0 Å². The lowest BCUT2D eigenvalue weighted by molar-refractivity contribution is -0.128. The van der Waals surface area contributed by atoms with Gasteiger partial charge in [0.25, 0.3) is 0 Å². The number of nitrogens with one attached hydrogen (secondary N) is 1. The van der Waals surface area contributed by atoms with E-state index in [0.29, 0.717) is 0 Å². The van der Waals surface area contributed by atoms with Crippen LogP contribution in [0.2, 0.25) is 0 Å². The van der Waals surface area contributed by atoms with Crippen molar-refractivity contribution in [1.82, 2.24) is 15.2 Å². The number of pyridine rings is 1.